The van der Waals surface area contributed by atoms with Gasteiger partial charge in [0.05, 0.1) is 0 Å². The lowest BCUT2D eigenvalue weighted by molar-refractivity contribution is 0.0966. The number of Topliss-reactive ketones (excluding diaryl/α,β-unsaturated/α-hetero) is 1. The molecule has 31 heavy (non-hydrogen) atoms. The van der Waals surface area contributed by atoms with Crippen LogP contribution in [0.15, 0.2) is 84.9 Å². The lowest BCUT2D eigenvalue weighted by atomic mass is 9.99. The Morgan fingerprint density at radius 1 is 0.871 bits per heavy atom. The zero-order valence-corrected chi connectivity index (χ0v) is 19.0. The molecule has 4 heteroatoms. The summed E-state index contributed by atoms with van der Waals surface area (Å²) in [6, 6.07) is 26.5. The predicted molar refractivity (Wildman–Crippen MR) is 132 cm³/mol. The maximum atomic E-state index is 12.6. The van der Waals surface area contributed by atoms with Gasteiger partial charge in [-0.2, -0.15) is 0 Å². The minimum atomic E-state index is 0. The van der Waals surface area contributed by atoms with Crippen molar-refractivity contribution >= 4 is 35.4 Å². The lowest BCUT2D eigenvalue weighted by Crippen LogP contribution is -2.30. The highest BCUT2D eigenvalue weighted by atomic mass is 35.5. The minimum Gasteiger partial charge on any atom is -0.299 e. The van der Waals surface area contributed by atoms with Gasteiger partial charge in [0.1, 0.15) is 0 Å². The van der Waals surface area contributed by atoms with Crippen LogP contribution in [0, 0.1) is 0 Å². The number of carbonyl (C=O) groups is 1. The van der Waals surface area contributed by atoms with Crippen LogP contribution in [0.2, 0.25) is 5.02 Å². The third kappa shape index (κ3) is 6.54. The van der Waals surface area contributed by atoms with Crippen molar-refractivity contribution in [3.63, 3.8) is 0 Å². The Morgan fingerprint density at radius 2 is 1.52 bits per heavy atom. The summed E-state index contributed by atoms with van der Waals surface area (Å²) < 4.78 is 0. The molecule has 1 aliphatic heterocycles. The normalized spacial score (nSPS) is 13.9. The molecule has 0 aromatic heterocycles. The molecule has 0 amide bonds. The zero-order valence-electron chi connectivity index (χ0n) is 17.5. The molecule has 0 fully saturated rings. The molecule has 0 radical (unpaired) electrons. The van der Waals surface area contributed by atoms with E-state index in [1.165, 1.54) is 22.3 Å². The summed E-state index contributed by atoms with van der Waals surface area (Å²) in [7, 11) is 0. The maximum Gasteiger partial charge on any atom is 0.164 e. The summed E-state index contributed by atoms with van der Waals surface area (Å²) in [5.74, 6) is 0.214. The Kier molecular flexibility index (Phi) is 8.48. The van der Waals surface area contributed by atoms with Crippen LogP contribution in [0.1, 0.15) is 39.9 Å². The van der Waals surface area contributed by atoms with E-state index in [2.05, 4.69) is 53.4 Å². The van der Waals surface area contributed by atoms with Gasteiger partial charge in [-0.1, -0.05) is 84.4 Å². The summed E-state index contributed by atoms with van der Waals surface area (Å²) in [5, 5.41) is 0.750. The molecule has 1 aliphatic rings. The van der Waals surface area contributed by atoms with Crippen LogP contribution in [0.5, 0.6) is 0 Å². The smallest absolute Gasteiger partial charge is 0.164 e. The second-order valence-electron chi connectivity index (χ2n) is 7.82. The third-order valence-corrected chi connectivity index (χ3v) is 5.94. The number of benzene rings is 3. The van der Waals surface area contributed by atoms with Gasteiger partial charge in [-0.25, -0.2) is 0 Å². The zero-order chi connectivity index (χ0) is 20.8. The van der Waals surface area contributed by atoms with Crippen LogP contribution in [-0.2, 0) is 6.42 Å². The Hall–Kier alpha value is -2.39. The molecule has 3 aromatic carbocycles. The standard InChI is InChI=1S/C27H26ClNO.ClH/c28-26-12-8-22(9-13-26)20-21-6-10-25(11-7-21)27(30)16-19-29-17-14-24(15-18-29)23-4-2-1-3-5-23;/h1-14H,15-20H2;1H. The van der Waals surface area contributed by atoms with Crippen LogP contribution in [0.4, 0.5) is 0 Å². The molecule has 2 nitrogen and oxygen atoms in total. The number of hydrogen-bond acceptors (Lipinski definition) is 2. The fraction of sp³-hybridized carbons (Fsp3) is 0.222. The van der Waals surface area contributed by atoms with Gasteiger partial charge in [0, 0.05) is 36.6 Å². The second kappa shape index (κ2) is 11.3. The van der Waals surface area contributed by atoms with Crippen molar-refractivity contribution in [2.75, 3.05) is 19.6 Å². The van der Waals surface area contributed by atoms with Gasteiger partial charge in [0.2, 0.25) is 0 Å². The average Bonchev–Trinajstić information content (AvgIpc) is 2.80. The first-order chi connectivity index (χ1) is 14.7. The Balaban J connectivity index is 0.00000272. The lowest BCUT2D eigenvalue weighted by Gasteiger charge is -2.26. The number of rotatable bonds is 7. The first-order valence-electron chi connectivity index (χ1n) is 10.5. The maximum absolute atomic E-state index is 12.6. The Bertz CT molecular complexity index is 1010. The summed E-state index contributed by atoms with van der Waals surface area (Å²) >= 11 is 5.95. The quantitative estimate of drug-likeness (QED) is 0.371. The average molecular weight is 452 g/mol. The van der Waals surface area contributed by atoms with Crippen LogP contribution < -0.4 is 0 Å². The van der Waals surface area contributed by atoms with Crippen molar-refractivity contribution in [3.05, 3.63) is 112 Å². The number of carbonyl (C=O) groups excluding carboxylic acids is 1. The summed E-state index contributed by atoms with van der Waals surface area (Å²) in [6.07, 6.45) is 4.74. The molecule has 0 saturated carbocycles. The topological polar surface area (TPSA) is 20.3 Å². The largest absolute Gasteiger partial charge is 0.299 e. The van der Waals surface area contributed by atoms with Gasteiger partial charge in [0.15, 0.2) is 5.78 Å². The monoisotopic (exact) mass is 451 g/mol. The molecule has 0 N–H and O–H groups in total. The number of hydrogen-bond donors (Lipinski definition) is 0. The highest BCUT2D eigenvalue weighted by Gasteiger charge is 2.14. The molecular formula is C27H27Cl2NO. The van der Waals surface area contributed by atoms with E-state index in [1.54, 1.807) is 0 Å². The number of halogens is 2. The van der Waals surface area contributed by atoms with Crippen molar-refractivity contribution in [2.24, 2.45) is 0 Å². The Labute approximate surface area is 196 Å². The first-order valence-corrected chi connectivity index (χ1v) is 10.9. The van der Waals surface area contributed by atoms with E-state index in [-0.39, 0.29) is 18.2 Å². The van der Waals surface area contributed by atoms with E-state index in [9.17, 15) is 4.79 Å². The van der Waals surface area contributed by atoms with E-state index in [0.29, 0.717) is 6.42 Å². The van der Waals surface area contributed by atoms with E-state index < -0.39 is 0 Å². The Morgan fingerprint density at radius 3 is 2.13 bits per heavy atom. The molecule has 3 aromatic rings. The van der Waals surface area contributed by atoms with Crippen molar-refractivity contribution in [3.8, 4) is 0 Å². The van der Waals surface area contributed by atoms with Crippen LogP contribution in [0.3, 0.4) is 0 Å². The fourth-order valence-electron chi connectivity index (χ4n) is 3.88. The van der Waals surface area contributed by atoms with E-state index in [0.717, 1.165) is 43.1 Å². The van der Waals surface area contributed by atoms with Crippen LogP contribution in [-0.4, -0.2) is 30.3 Å². The molecule has 0 spiro atoms. The highest BCUT2D eigenvalue weighted by Crippen LogP contribution is 2.22. The van der Waals surface area contributed by atoms with Gasteiger partial charge < -0.3 is 0 Å². The highest BCUT2D eigenvalue weighted by molar-refractivity contribution is 6.30. The molecule has 0 atom stereocenters. The van der Waals surface area contributed by atoms with Gasteiger partial charge in [-0.15, -0.1) is 12.4 Å². The van der Waals surface area contributed by atoms with Crippen molar-refractivity contribution < 1.29 is 4.79 Å². The van der Waals surface area contributed by atoms with Crippen molar-refractivity contribution in [1.82, 2.24) is 4.90 Å². The van der Waals surface area contributed by atoms with Crippen molar-refractivity contribution in [2.45, 2.75) is 19.3 Å². The molecule has 1 heterocycles. The summed E-state index contributed by atoms with van der Waals surface area (Å²) in [6.45, 7) is 2.73. The fourth-order valence-corrected chi connectivity index (χ4v) is 4.01. The molecule has 160 valence electrons. The van der Waals surface area contributed by atoms with Crippen molar-refractivity contribution in [1.29, 1.82) is 0 Å². The molecule has 0 aliphatic carbocycles. The minimum absolute atomic E-state index is 0. The number of ketones is 1. The van der Waals surface area contributed by atoms with Crippen LogP contribution in [0.25, 0.3) is 5.57 Å². The van der Waals surface area contributed by atoms with Gasteiger partial charge in [-0.05, 0) is 47.2 Å². The summed E-state index contributed by atoms with van der Waals surface area (Å²) in [5.41, 5.74) is 5.93. The molecule has 0 unspecified atom stereocenters. The third-order valence-electron chi connectivity index (χ3n) is 5.69. The number of nitrogens with zero attached hydrogens (tertiary/aromatic N) is 1. The SMILES string of the molecule is Cl.O=C(CCN1CC=C(c2ccccc2)CC1)c1ccc(Cc2ccc(Cl)cc2)cc1. The van der Waals surface area contributed by atoms with E-state index >= 15 is 0 Å². The predicted octanol–water partition coefficient (Wildman–Crippen LogP) is 6.71. The van der Waals surface area contributed by atoms with Gasteiger partial charge in [0.25, 0.3) is 0 Å². The molecular weight excluding hydrogens is 425 g/mol. The van der Waals surface area contributed by atoms with Crippen LogP contribution >= 0.6 is 24.0 Å². The summed E-state index contributed by atoms with van der Waals surface area (Å²) in [4.78, 5) is 15.0. The van der Waals surface area contributed by atoms with Gasteiger partial charge in [-0.3, -0.25) is 9.69 Å². The molecule has 0 bridgehead atoms. The van der Waals surface area contributed by atoms with E-state index in [4.69, 9.17) is 11.6 Å². The van der Waals surface area contributed by atoms with E-state index in [1.807, 2.05) is 36.4 Å². The first kappa shape index (κ1) is 23.3. The van der Waals surface area contributed by atoms with Gasteiger partial charge >= 0.3 is 0 Å². The second-order valence-corrected chi connectivity index (χ2v) is 8.26. The molecule has 4 rings (SSSR count). The molecule has 0 saturated heterocycles.